The van der Waals surface area contributed by atoms with E-state index in [0.717, 1.165) is 43.8 Å². The summed E-state index contributed by atoms with van der Waals surface area (Å²) in [5.74, 6) is 0. The minimum absolute atomic E-state index is 0.749. The molecule has 1 N–H and O–H groups in total. The Balaban J connectivity index is 1.61. The average Bonchev–Trinajstić information content (AvgIpc) is 2.94. The Kier molecular flexibility index (Phi) is 3.73. The fraction of sp³-hybridized carbons (Fsp3) is 0.571. The molecule has 98 valence electrons. The summed E-state index contributed by atoms with van der Waals surface area (Å²) in [4.78, 5) is 5.02. The van der Waals surface area contributed by atoms with Crippen molar-refractivity contribution < 1.29 is 0 Å². The molecule has 2 fully saturated rings. The Morgan fingerprint density at radius 1 is 1.11 bits per heavy atom. The maximum Gasteiger partial charge on any atom is 0.0639 e. The highest BCUT2D eigenvalue weighted by molar-refractivity contribution is 6.33. The number of rotatable bonds is 2. The van der Waals surface area contributed by atoms with Gasteiger partial charge in [0, 0.05) is 38.8 Å². The minimum Gasteiger partial charge on any atom is -0.368 e. The van der Waals surface area contributed by atoms with Crippen molar-refractivity contribution in [2.24, 2.45) is 0 Å². The third kappa shape index (κ3) is 2.48. The monoisotopic (exact) mass is 265 g/mol. The lowest BCUT2D eigenvalue weighted by atomic mass is 10.1. The van der Waals surface area contributed by atoms with E-state index in [1.54, 1.807) is 0 Å². The second kappa shape index (κ2) is 5.47. The lowest BCUT2D eigenvalue weighted by Gasteiger charge is -2.39. The molecule has 18 heavy (non-hydrogen) atoms. The summed E-state index contributed by atoms with van der Waals surface area (Å²) >= 11 is 6.26. The predicted octanol–water partition coefficient (Wildman–Crippen LogP) is 1.82. The van der Waals surface area contributed by atoms with E-state index in [9.17, 15) is 0 Å². The van der Waals surface area contributed by atoms with Crippen LogP contribution in [-0.4, -0.2) is 50.2 Å². The van der Waals surface area contributed by atoms with Crippen molar-refractivity contribution in [3.8, 4) is 0 Å². The van der Waals surface area contributed by atoms with Gasteiger partial charge in [-0.1, -0.05) is 23.7 Å². The topological polar surface area (TPSA) is 18.5 Å². The second-order valence-corrected chi connectivity index (χ2v) is 5.53. The number of nitrogens with one attached hydrogen (secondary N) is 1. The van der Waals surface area contributed by atoms with E-state index >= 15 is 0 Å². The van der Waals surface area contributed by atoms with E-state index in [1.165, 1.54) is 18.7 Å². The first-order chi connectivity index (χ1) is 8.84. The van der Waals surface area contributed by atoms with Crippen LogP contribution in [0.4, 0.5) is 5.69 Å². The van der Waals surface area contributed by atoms with Crippen molar-refractivity contribution in [3.63, 3.8) is 0 Å². The van der Waals surface area contributed by atoms with Crippen LogP contribution >= 0.6 is 11.6 Å². The molecule has 1 aromatic rings. The first kappa shape index (κ1) is 12.3. The van der Waals surface area contributed by atoms with Crippen LogP contribution in [0.25, 0.3) is 0 Å². The molecule has 2 aliphatic heterocycles. The van der Waals surface area contributed by atoms with Gasteiger partial charge < -0.3 is 10.2 Å². The fourth-order valence-electron chi connectivity index (χ4n) is 2.99. The quantitative estimate of drug-likeness (QED) is 0.880. The maximum atomic E-state index is 6.26. The molecule has 1 atom stereocenters. The number of benzene rings is 1. The summed E-state index contributed by atoms with van der Waals surface area (Å²) in [6, 6.07) is 8.90. The predicted molar refractivity (Wildman–Crippen MR) is 76.5 cm³/mol. The van der Waals surface area contributed by atoms with Crippen molar-refractivity contribution in [1.29, 1.82) is 0 Å². The summed E-state index contributed by atoms with van der Waals surface area (Å²) in [6.45, 7) is 6.80. The molecule has 1 aromatic carbocycles. The first-order valence-electron chi connectivity index (χ1n) is 6.79. The lowest BCUT2D eigenvalue weighted by molar-refractivity contribution is 0.196. The average molecular weight is 266 g/mol. The molecule has 3 nitrogen and oxygen atoms in total. The van der Waals surface area contributed by atoms with Crippen molar-refractivity contribution in [3.05, 3.63) is 29.3 Å². The third-order valence-electron chi connectivity index (χ3n) is 4.06. The summed E-state index contributed by atoms with van der Waals surface area (Å²) < 4.78 is 0. The van der Waals surface area contributed by atoms with Gasteiger partial charge in [0.1, 0.15) is 0 Å². The first-order valence-corrected chi connectivity index (χ1v) is 7.16. The standard InChI is InChI=1S/C14H20ClN3/c15-13-3-1-2-4-14(13)18-9-7-17(8-10-18)12-5-6-16-11-12/h1-4,12,16H,5-11H2. The molecule has 0 radical (unpaired) electrons. The van der Waals surface area contributed by atoms with E-state index in [2.05, 4.69) is 27.2 Å². The second-order valence-electron chi connectivity index (χ2n) is 5.12. The molecule has 2 heterocycles. The van der Waals surface area contributed by atoms with Gasteiger partial charge in [0.2, 0.25) is 0 Å². The van der Waals surface area contributed by atoms with E-state index < -0.39 is 0 Å². The Labute approximate surface area is 114 Å². The number of anilines is 1. The van der Waals surface area contributed by atoms with E-state index in [4.69, 9.17) is 11.6 Å². The van der Waals surface area contributed by atoms with E-state index in [0.29, 0.717) is 0 Å². The van der Waals surface area contributed by atoms with Crippen LogP contribution in [0.5, 0.6) is 0 Å². The zero-order valence-electron chi connectivity index (χ0n) is 10.6. The smallest absolute Gasteiger partial charge is 0.0639 e. The Bertz CT molecular complexity index is 396. The normalized spacial score (nSPS) is 25.6. The van der Waals surface area contributed by atoms with Crippen LogP contribution in [-0.2, 0) is 0 Å². The molecule has 0 aromatic heterocycles. The van der Waals surface area contributed by atoms with Crippen molar-refractivity contribution >= 4 is 17.3 Å². The summed E-state index contributed by atoms with van der Waals surface area (Å²) in [5.41, 5.74) is 1.18. The lowest BCUT2D eigenvalue weighted by Crippen LogP contribution is -2.51. The zero-order chi connectivity index (χ0) is 12.4. The number of hydrogen-bond donors (Lipinski definition) is 1. The Morgan fingerprint density at radius 3 is 2.56 bits per heavy atom. The number of nitrogens with zero attached hydrogens (tertiary/aromatic N) is 2. The fourth-order valence-corrected chi connectivity index (χ4v) is 3.24. The molecule has 0 aliphatic carbocycles. The molecule has 3 rings (SSSR count). The van der Waals surface area contributed by atoms with Crippen molar-refractivity contribution in [1.82, 2.24) is 10.2 Å². The van der Waals surface area contributed by atoms with Gasteiger partial charge in [-0.15, -0.1) is 0 Å². The van der Waals surface area contributed by atoms with Crippen molar-refractivity contribution in [2.75, 3.05) is 44.2 Å². The maximum absolute atomic E-state index is 6.26. The molecule has 0 bridgehead atoms. The highest BCUT2D eigenvalue weighted by Crippen LogP contribution is 2.26. The molecule has 4 heteroatoms. The third-order valence-corrected chi connectivity index (χ3v) is 4.38. The molecular weight excluding hydrogens is 246 g/mol. The Hall–Kier alpha value is -0.770. The molecule has 1 unspecified atom stereocenters. The van der Waals surface area contributed by atoms with Crippen molar-refractivity contribution in [2.45, 2.75) is 12.5 Å². The zero-order valence-corrected chi connectivity index (χ0v) is 11.4. The molecule has 0 amide bonds. The molecule has 2 saturated heterocycles. The molecular formula is C14H20ClN3. The number of para-hydroxylation sites is 1. The van der Waals surface area contributed by atoms with Gasteiger partial charge in [-0.05, 0) is 25.1 Å². The highest BCUT2D eigenvalue weighted by atomic mass is 35.5. The van der Waals surface area contributed by atoms with Gasteiger partial charge in [-0.25, -0.2) is 0 Å². The van der Waals surface area contributed by atoms with Crippen LogP contribution < -0.4 is 10.2 Å². The van der Waals surface area contributed by atoms with Crippen LogP contribution in [0.2, 0.25) is 5.02 Å². The summed E-state index contributed by atoms with van der Waals surface area (Å²) in [5, 5.41) is 4.31. The highest BCUT2D eigenvalue weighted by Gasteiger charge is 2.26. The number of hydrogen-bond acceptors (Lipinski definition) is 3. The van der Waals surface area contributed by atoms with Gasteiger partial charge in [0.25, 0.3) is 0 Å². The molecule has 2 aliphatic rings. The Morgan fingerprint density at radius 2 is 1.89 bits per heavy atom. The van der Waals surface area contributed by atoms with E-state index in [-0.39, 0.29) is 0 Å². The number of halogens is 1. The van der Waals surface area contributed by atoms with E-state index in [1.807, 2.05) is 12.1 Å². The van der Waals surface area contributed by atoms with Gasteiger partial charge >= 0.3 is 0 Å². The SMILES string of the molecule is Clc1ccccc1N1CCN(C2CCNC2)CC1. The van der Waals surface area contributed by atoms with Crippen LogP contribution in [0, 0.1) is 0 Å². The summed E-state index contributed by atoms with van der Waals surface area (Å²) in [7, 11) is 0. The van der Waals surface area contributed by atoms with Gasteiger partial charge in [0.05, 0.1) is 10.7 Å². The molecule has 0 spiro atoms. The largest absolute Gasteiger partial charge is 0.368 e. The molecule has 0 saturated carbocycles. The van der Waals surface area contributed by atoms with Crippen LogP contribution in [0.3, 0.4) is 0 Å². The summed E-state index contributed by atoms with van der Waals surface area (Å²) in [6.07, 6.45) is 1.30. The number of piperazine rings is 1. The van der Waals surface area contributed by atoms with Gasteiger partial charge in [0.15, 0.2) is 0 Å². The van der Waals surface area contributed by atoms with Crippen LogP contribution in [0.1, 0.15) is 6.42 Å². The minimum atomic E-state index is 0.749. The van der Waals surface area contributed by atoms with Gasteiger partial charge in [-0.3, -0.25) is 4.90 Å². The van der Waals surface area contributed by atoms with Crippen LogP contribution in [0.15, 0.2) is 24.3 Å². The van der Waals surface area contributed by atoms with Gasteiger partial charge in [-0.2, -0.15) is 0 Å².